The Kier molecular flexibility index (Phi) is 3.79. The molecule has 4 heteroatoms. The molecule has 0 aromatic heterocycles. The van der Waals surface area contributed by atoms with E-state index in [2.05, 4.69) is 42.2 Å². The van der Waals surface area contributed by atoms with Crippen LogP contribution in [0.3, 0.4) is 0 Å². The molecule has 2 aliphatic rings. The minimum absolute atomic E-state index is 0.131. The van der Waals surface area contributed by atoms with Crippen LogP contribution in [0.1, 0.15) is 17.3 Å². The summed E-state index contributed by atoms with van der Waals surface area (Å²) in [5.74, 6) is 0.131. The molecule has 0 saturated carbocycles. The van der Waals surface area contributed by atoms with E-state index < -0.39 is 0 Å². The smallest absolute Gasteiger partial charge is 0.200 e. The van der Waals surface area contributed by atoms with Crippen molar-refractivity contribution in [3.63, 3.8) is 0 Å². The molecule has 0 atom stereocenters. The summed E-state index contributed by atoms with van der Waals surface area (Å²) < 4.78 is 0. The fraction of sp³-hybridized carbons (Fsp3) is 0.105. The van der Waals surface area contributed by atoms with Crippen LogP contribution in [0.2, 0.25) is 0 Å². The lowest BCUT2D eigenvalue weighted by atomic mass is 10.1. The number of hydrogen-bond acceptors (Lipinski definition) is 4. The molecule has 23 heavy (non-hydrogen) atoms. The largest absolute Gasteiger partial charge is 0.335 e. The second kappa shape index (κ2) is 5.95. The molecule has 0 radical (unpaired) electrons. The number of thioether (sulfide) groups is 2. The van der Waals surface area contributed by atoms with Crippen molar-refractivity contribution in [2.45, 2.75) is 16.7 Å². The standard InChI is InChI=1S/C19H15NOS2/c1-2-20-14-8-4-6-10-16(14)23-18(20)12-11-17-19(21)13-7-3-5-9-15(13)22-17/h3-12H,2H2,1H3. The number of ketones is 1. The van der Waals surface area contributed by atoms with E-state index >= 15 is 0 Å². The first kappa shape index (κ1) is 14.7. The van der Waals surface area contributed by atoms with Crippen LogP contribution in [0.5, 0.6) is 0 Å². The molecule has 0 amide bonds. The summed E-state index contributed by atoms with van der Waals surface area (Å²) in [5.41, 5.74) is 2.06. The Morgan fingerprint density at radius 1 is 0.957 bits per heavy atom. The van der Waals surface area contributed by atoms with E-state index in [1.165, 1.54) is 15.6 Å². The zero-order valence-corrected chi connectivity index (χ0v) is 14.3. The molecule has 0 aliphatic carbocycles. The molecule has 2 heterocycles. The van der Waals surface area contributed by atoms with Crippen LogP contribution in [0.15, 0.2) is 80.4 Å². The van der Waals surface area contributed by atoms with Crippen LogP contribution in [0, 0.1) is 0 Å². The van der Waals surface area contributed by atoms with Crippen LogP contribution in [-0.2, 0) is 0 Å². The van der Waals surface area contributed by atoms with Crippen molar-refractivity contribution in [3.8, 4) is 0 Å². The van der Waals surface area contributed by atoms with Gasteiger partial charge in [-0.3, -0.25) is 4.79 Å². The highest BCUT2D eigenvalue weighted by atomic mass is 32.2. The topological polar surface area (TPSA) is 20.3 Å². The Morgan fingerprint density at radius 3 is 2.48 bits per heavy atom. The number of hydrogen-bond donors (Lipinski definition) is 0. The zero-order chi connectivity index (χ0) is 15.8. The molecule has 0 spiro atoms. The first-order valence-electron chi connectivity index (χ1n) is 7.56. The Balaban J connectivity index is 1.64. The number of Topliss-reactive ketones (excluding diaryl/α,β-unsaturated/α-hetero) is 1. The lowest BCUT2D eigenvalue weighted by molar-refractivity contribution is 0.104. The quantitative estimate of drug-likeness (QED) is 0.690. The van der Waals surface area contributed by atoms with Gasteiger partial charge in [-0.05, 0) is 43.3 Å². The average molecular weight is 337 g/mol. The summed E-state index contributed by atoms with van der Waals surface area (Å²) in [6.07, 6.45) is 4.03. The highest BCUT2D eigenvalue weighted by Gasteiger charge is 2.26. The number of rotatable bonds is 2. The summed E-state index contributed by atoms with van der Waals surface area (Å²) >= 11 is 3.32. The van der Waals surface area contributed by atoms with Gasteiger partial charge in [0.25, 0.3) is 0 Å². The number of carbonyl (C=O) groups is 1. The summed E-state index contributed by atoms with van der Waals surface area (Å²) in [5, 5.41) is 1.17. The number of anilines is 1. The van der Waals surface area contributed by atoms with Gasteiger partial charge in [-0.15, -0.1) is 0 Å². The van der Waals surface area contributed by atoms with Gasteiger partial charge < -0.3 is 4.90 Å². The number of carbonyl (C=O) groups excluding carboxylic acids is 1. The van der Waals surface area contributed by atoms with Gasteiger partial charge in [0.05, 0.1) is 15.6 Å². The fourth-order valence-corrected chi connectivity index (χ4v) is 4.92. The highest BCUT2D eigenvalue weighted by Crippen LogP contribution is 2.46. The molecular weight excluding hydrogens is 322 g/mol. The van der Waals surface area contributed by atoms with Crippen molar-refractivity contribution in [2.75, 3.05) is 11.4 Å². The lowest BCUT2D eigenvalue weighted by Gasteiger charge is -2.17. The van der Waals surface area contributed by atoms with Gasteiger partial charge in [-0.1, -0.05) is 47.8 Å². The maximum atomic E-state index is 12.4. The van der Waals surface area contributed by atoms with Gasteiger partial charge in [0, 0.05) is 21.9 Å². The van der Waals surface area contributed by atoms with E-state index in [0.717, 1.165) is 21.9 Å². The molecule has 2 aromatic rings. The molecule has 4 rings (SSSR count). The van der Waals surface area contributed by atoms with Gasteiger partial charge in [-0.2, -0.15) is 0 Å². The van der Waals surface area contributed by atoms with E-state index in [0.29, 0.717) is 0 Å². The van der Waals surface area contributed by atoms with Crippen LogP contribution in [0.4, 0.5) is 5.69 Å². The van der Waals surface area contributed by atoms with E-state index in [9.17, 15) is 4.79 Å². The number of fused-ring (bicyclic) bond motifs is 2. The number of nitrogens with zero attached hydrogens (tertiary/aromatic N) is 1. The third kappa shape index (κ3) is 2.52. The van der Waals surface area contributed by atoms with E-state index in [4.69, 9.17) is 0 Å². The zero-order valence-electron chi connectivity index (χ0n) is 12.7. The lowest BCUT2D eigenvalue weighted by Crippen LogP contribution is -2.16. The van der Waals surface area contributed by atoms with Gasteiger partial charge in [0.15, 0.2) is 0 Å². The summed E-state index contributed by atoms with van der Waals surface area (Å²) in [6, 6.07) is 16.2. The molecular formula is C19H15NOS2. The predicted octanol–water partition coefficient (Wildman–Crippen LogP) is 5.33. The minimum atomic E-state index is 0.131. The van der Waals surface area contributed by atoms with Crippen molar-refractivity contribution in [1.82, 2.24) is 0 Å². The van der Waals surface area contributed by atoms with Crippen LogP contribution < -0.4 is 4.90 Å². The van der Waals surface area contributed by atoms with Gasteiger partial charge in [0.1, 0.15) is 0 Å². The molecule has 2 nitrogen and oxygen atoms in total. The van der Waals surface area contributed by atoms with Crippen molar-refractivity contribution >= 4 is 35.0 Å². The second-order valence-electron chi connectivity index (χ2n) is 5.28. The van der Waals surface area contributed by atoms with E-state index in [-0.39, 0.29) is 5.78 Å². The average Bonchev–Trinajstić information content (AvgIpc) is 3.10. The molecule has 114 valence electrons. The molecule has 0 saturated heterocycles. The third-order valence-electron chi connectivity index (χ3n) is 3.91. The van der Waals surface area contributed by atoms with Gasteiger partial charge in [-0.25, -0.2) is 0 Å². The molecule has 2 aromatic carbocycles. The highest BCUT2D eigenvalue weighted by molar-refractivity contribution is 8.04. The van der Waals surface area contributed by atoms with Crippen molar-refractivity contribution in [2.24, 2.45) is 0 Å². The fourth-order valence-electron chi connectivity index (χ4n) is 2.80. The Morgan fingerprint density at radius 2 is 1.70 bits per heavy atom. The van der Waals surface area contributed by atoms with Crippen molar-refractivity contribution in [1.29, 1.82) is 0 Å². The Hall–Kier alpha value is -1.91. The maximum absolute atomic E-state index is 12.4. The normalized spacial score (nSPS) is 19.5. The SMILES string of the molecule is CCN1C(=CC=C2Sc3ccccc3C2=O)Sc2ccccc21. The van der Waals surface area contributed by atoms with Crippen LogP contribution in [-0.4, -0.2) is 12.3 Å². The Labute approximate surface area is 144 Å². The maximum Gasteiger partial charge on any atom is 0.200 e. The second-order valence-corrected chi connectivity index (χ2v) is 7.42. The molecule has 0 bridgehead atoms. The summed E-state index contributed by atoms with van der Waals surface area (Å²) in [6.45, 7) is 3.06. The van der Waals surface area contributed by atoms with Crippen LogP contribution >= 0.6 is 23.5 Å². The summed E-state index contributed by atoms with van der Waals surface area (Å²) in [4.78, 5) is 17.8. The molecule has 0 unspecified atom stereocenters. The van der Waals surface area contributed by atoms with E-state index in [1.807, 2.05) is 30.3 Å². The molecule has 2 aliphatic heterocycles. The van der Waals surface area contributed by atoms with Gasteiger partial charge in [0.2, 0.25) is 5.78 Å². The van der Waals surface area contributed by atoms with Crippen LogP contribution in [0.25, 0.3) is 0 Å². The number of allylic oxidation sites excluding steroid dienone is 3. The minimum Gasteiger partial charge on any atom is -0.335 e. The van der Waals surface area contributed by atoms with Crippen molar-refractivity contribution < 1.29 is 4.79 Å². The monoisotopic (exact) mass is 337 g/mol. The number of benzene rings is 2. The first-order chi connectivity index (χ1) is 11.3. The first-order valence-corrected chi connectivity index (χ1v) is 9.19. The molecule has 0 N–H and O–H groups in total. The van der Waals surface area contributed by atoms with Gasteiger partial charge >= 0.3 is 0 Å². The Bertz CT molecular complexity index is 854. The third-order valence-corrected chi connectivity index (χ3v) is 6.15. The van der Waals surface area contributed by atoms with E-state index in [1.54, 1.807) is 23.5 Å². The van der Waals surface area contributed by atoms with Crippen molar-refractivity contribution in [3.05, 3.63) is 76.2 Å². The number of para-hydroxylation sites is 1. The summed E-state index contributed by atoms with van der Waals surface area (Å²) in [7, 11) is 0. The molecule has 0 fully saturated rings. The predicted molar refractivity (Wildman–Crippen MR) is 98.1 cm³/mol.